The normalized spacial score (nSPS) is 10.8. The molecule has 0 saturated heterocycles. The monoisotopic (exact) mass is 245 g/mol. The van der Waals surface area contributed by atoms with E-state index in [-0.39, 0.29) is 28.8 Å². The molecule has 0 radical (unpaired) electrons. The first-order chi connectivity index (χ1) is 7.61. The van der Waals surface area contributed by atoms with Crippen LogP contribution in [0.3, 0.4) is 0 Å². The van der Waals surface area contributed by atoms with Gasteiger partial charge >= 0.3 is 0 Å². The number of rotatable bonds is 2. The van der Waals surface area contributed by atoms with Crippen LogP contribution < -0.4 is 5.73 Å². The minimum atomic E-state index is -0.799. The molecule has 4 nitrogen and oxygen atoms in total. The fraction of sp³-hybridized carbons (Fsp3) is 0.111. The molecular weight excluding hydrogens is 240 g/mol. The Kier molecular flexibility index (Phi) is 2.84. The van der Waals surface area contributed by atoms with E-state index in [0.717, 1.165) is 12.1 Å². The van der Waals surface area contributed by atoms with Crippen LogP contribution in [-0.2, 0) is 6.54 Å². The van der Waals surface area contributed by atoms with Crippen molar-refractivity contribution in [3.05, 3.63) is 34.7 Å². The molecule has 0 atom stereocenters. The summed E-state index contributed by atoms with van der Waals surface area (Å²) in [5, 5.41) is 3.13. The van der Waals surface area contributed by atoms with Crippen molar-refractivity contribution in [3.8, 4) is 11.4 Å². The molecule has 0 fully saturated rings. The van der Waals surface area contributed by atoms with Crippen LogP contribution in [0, 0.1) is 11.6 Å². The summed E-state index contributed by atoms with van der Waals surface area (Å²) in [6, 6.07) is 1.80. The Hall–Kier alpha value is -1.53. The van der Waals surface area contributed by atoms with Crippen LogP contribution in [0.2, 0.25) is 5.02 Å². The second kappa shape index (κ2) is 4.15. The lowest BCUT2D eigenvalue weighted by Gasteiger charge is -1.99. The second-order valence-electron chi connectivity index (χ2n) is 2.97. The van der Waals surface area contributed by atoms with Crippen molar-refractivity contribution in [2.75, 3.05) is 0 Å². The molecule has 16 heavy (non-hydrogen) atoms. The number of hydrogen-bond donors (Lipinski definition) is 1. The van der Waals surface area contributed by atoms with E-state index in [9.17, 15) is 8.78 Å². The quantitative estimate of drug-likeness (QED) is 0.823. The first-order valence-electron chi connectivity index (χ1n) is 4.29. The maximum atomic E-state index is 13.5. The number of benzene rings is 1. The zero-order valence-electron chi connectivity index (χ0n) is 7.88. The first kappa shape index (κ1) is 11.0. The molecule has 0 unspecified atom stereocenters. The van der Waals surface area contributed by atoms with Gasteiger partial charge in [-0.15, -0.1) is 0 Å². The highest BCUT2D eigenvalue weighted by atomic mass is 35.5. The molecule has 2 rings (SSSR count). The third kappa shape index (κ3) is 1.89. The van der Waals surface area contributed by atoms with Gasteiger partial charge in [0.2, 0.25) is 11.7 Å². The van der Waals surface area contributed by atoms with Crippen molar-refractivity contribution < 1.29 is 13.3 Å². The summed E-state index contributed by atoms with van der Waals surface area (Å²) in [6.07, 6.45) is 0. The number of halogens is 3. The predicted molar refractivity (Wildman–Crippen MR) is 52.6 cm³/mol. The fourth-order valence-electron chi connectivity index (χ4n) is 1.17. The van der Waals surface area contributed by atoms with E-state index in [1.54, 1.807) is 0 Å². The summed E-state index contributed by atoms with van der Waals surface area (Å²) in [7, 11) is 0. The van der Waals surface area contributed by atoms with Crippen molar-refractivity contribution in [3.63, 3.8) is 0 Å². The largest absolute Gasteiger partial charge is 0.338 e. The fourth-order valence-corrected chi connectivity index (χ4v) is 1.37. The van der Waals surface area contributed by atoms with E-state index in [1.807, 2.05) is 0 Å². The minimum Gasteiger partial charge on any atom is -0.338 e. The zero-order valence-corrected chi connectivity index (χ0v) is 8.63. The molecule has 0 aliphatic rings. The molecule has 7 heteroatoms. The summed E-state index contributed by atoms with van der Waals surface area (Å²) in [4.78, 5) is 3.77. The average Bonchev–Trinajstić information content (AvgIpc) is 2.71. The predicted octanol–water partition coefficient (Wildman–Crippen LogP) is 2.13. The highest BCUT2D eigenvalue weighted by Crippen LogP contribution is 2.26. The van der Waals surface area contributed by atoms with Crippen LogP contribution in [0.25, 0.3) is 11.4 Å². The lowest BCUT2D eigenvalue weighted by Crippen LogP contribution is -1.96. The second-order valence-corrected chi connectivity index (χ2v) is 3.37. The van der Waals surface area contributed by atoms with E-state index >= 15 is 0 Å². The Morgan fingerprint density at radius 2 is 2.12 bits per heavy atom. The number of nitrogens with two attached hydrogens (primary N) is 1. The van der Waals surface area contributed by atoms with Crippen LogP contribution >= 0.6 is 11.6 Å². The molecule has 1 heterocycles. The van der Waals surface area contributed by atoms with Crippen molar-refractivity contribution in [1.29, 1.82) is 0 Å². The lowest BCUT2D eigenvalue weighted by atomic mass is 10.2. The van der Waals surface area contributed by atoms with Crippen LogP contribution in [-0.4, -0.2) is 10.1 Å². The molecule has 1 aromatic carbocycles. The SMILES string of the molecule is NCc1nc(-c2cc(F)cc(Cl)c2F)no1. The van der Waals surface area contributed by atoms with Crippen molar-refractivity contribution in [2.24, 2.45) is 5.73 Å². The molecule has 0 bridgehead atoms. The van der Waals surface area contributed by atoms with Crippen LogP contribution in [0.15, 0.2) is 16.7 Å². The lowest BCUT2D eigenvalue weighted by molar-refractivity contribution is 0.380. The molecule has 84 valence electrons. The van der Waals surface area contributed by atoms with E-state index in [0.29, 0.717) is 0 Å². The van der Waals surface area contributed by atoms with E-state index in [4.69, 9.17) is 17.3 Å². The highest BCUT2D eigenvalue weighted by Gasteiger charge is 2.16. The molecular formula is C9H6ClF2N3O. The number of hydrogen-bond acceptors (Lipinski definition) is 4. The van der Waals surface area contributed by atoms with E-state index in [1.165, 1.54) is 0 Å². The molecule has 1 aromatic heterocycles. The van der Waals surface area contributed by atoms with Crippen molar-refractivity contribution in [2.45, 2.75) is 6.54 Å². The van der Waals surface area contributed by atoms with E-state index < -0.39 is 11.6 Å². The van der Waals surface area contributed by atoms with Crippen LogP contribution in [0.4, 0.5) is 8.78 Å². The molecule has 0 amide bonds. The Labute approximate surface area is 94.0 Å². The van der Waals surface area contributed by atoms with Gasteiger partial charge in [0.1, 0.15) is 5.82 Å². The van der Waals surface area contributed by atoms with Gasteiger partial charge in [0.05, 0.1) is 17.1 Å². The van der Waals surface area contributed by atoms with Gasteiger partial charge in [-0.3, -0.25) is 0 Å². The maximum Gasteiger partial charge on any atom is 0.240 e. The Morgan fingerprint density at radius 3 is 2.75 bits per heavy atom. The molecule has 2 aromatic rings. The summed E-state index contributed by atoms with van der Waals surface area (Å²) >= 11 is 5.48. The number of nitrogens with zero attached hydrogens (tertiary/aromatic N) is 2. The standard InChI is InChI=1S/C9H6ClF2N3O/c10-6-2-4(11)1-5(8(6)12)9-14-7(3-13)16-15-9/h1-2H,3,13H2. The summed E-state index contributed by atoms with van der Waals surface area (Å²) in [6.45, 7) is 0.0255. The smallest absolute Gasteiger partial charge is 0.240 e. The average molecular weight is 246 g/mol. The Bertz CT molecular complexity index is 529. The third-order valence-corrected chi connectivity index (χ3v) is 2.15. The topological polar surface area (TPSA) is 64.9 Å². The summed E-state index contributed by atoms with van der Waals surface area (Å²) in [5.41, 5.74) is 5.09. The molecule has 0 spiro atoms. The van der Waals surface area contributed by atoms with Crippen LogP contribution in [0.1, 0.15) is 5.89 Å². The van der Waals surface area contributed by atoms with Crippen LogP contribution in [0.5, 0.6) is 0 Å². The minimum absolute atomic E-state index is 0.0255. The zero-order chi connectivity index (χ0) is 11.7. The highest BCUT2D eigenvalue weighted by molar-refractivity contribution is 6.31. The van der Waals surface area contributed by atoms with Crippen molar-refractivity contribution in [1.82, 2.24) is 10.1 Å². The third-order valence-electron chi connectivity index (χ3n) is 1.88. The van der Waals surface area contributed by atoms with Gasteiger partial charge in [0.15, 0.2) is 5.82 Å². The Balaban J connectivity index is 2.54. The van der Waals surface area contributed by atoms with Crippen molar-refractivity contribution >= 4 is 11.6 Å². The maximum absolute atomic E-state index is 13.5. The molecule has 2 N–H and O–H groups in total. The van der Waals surface area contributed by atoms with Gasteiger partial charge in [0.25, 0.3) is 0 Å². The molecule has 0 saturated carbocycles. The first-order valence-corrected chi connectivity index (χ1v) is 4.67. The molecule has 0 aliphatic carbocycles. The number of aromatic nitrogens is 2. The summed E-state index contributed by atoms with van der Waals surface area (Å²) < 4.78 is 31.2. The Morgan fingerprint density at radius 1 is 1.38 bits per heavy atom. The molecule has 0 aliphatic heterocycles. The van der Waals surface area contributed by atoms with Gasteiger partial charge in [-0.25, -0.2) is 8.78 Å². The van der Waals surface area contributed by atoms with Gasteiger partial charge in [-0.05, 0) is 12.1 Å². The van der Waals surface area contributed by atoms with Gasteiger partial charge in [-0.1, -0.05) is 16.8 Å². The van der Waals surface area contributed by atoms with Gasteiger partial charge in [-0.2, -0.15) is 4.98 Å². The summed E-state index contributed by atoms with van der Waals surface area (Å²) in [5.74, 6) is -1.43. The van der Waals surface area contributed by atoms with Gasteiger partial charge < -0.3 is 10.3 Å². The van der Waals surface area contributed by atoms with E-state index in [2.05, 4.69) is 14.7 Å². The van der Waals surface area contributed by atoms with Gasteiger partial charge in [0, 0.05) is 0 Å².